The van der Waals surface area contributed by atoms with Gasteiger partial charge >= 0.3 is 0 Å². The Morgan fingerprint density at radius 2 is 2.00 bits per heavy atom. The van der Waals surface area contributed by atoms with Gasteiger partial charge in [0.1, 0.15) is 5.75 Å². The molecule has 2 N–H and O–H groups in total. The number of hydrogen-bond donors (Lipinski definition) is 2. The molecule has 4 atom stereocenters. The van der Waals surface area contributed by atoms with E-state index < -0.39 is 5.72 Å². The van der Waals surface area contributed by atoms with Crippen molar-refractivity contribution >= 4 is 11.8 Å². The molecule has 4 unspecified atom stereocenters. The molecular formula is C22H28N2O3. The molecule has 0 saturated heterocycles. The van der Waals surface area contributed by atoms with Gasteiger partial charge in [0.2, 0.25) is 5.91 Å². The first-order valence-electron chi connectivity index (χ1n) is 10.4. The quantitative estimate of drug-likeness (QED) is 0.841. The maximum Gasteiger partial charge on any atom is 0.258 e. The Labute approximate surface area is 160 Å². The van der Waals surface area contributed by atoms with Crippen LogP contribution in [0.5, 0.6) is 5.75 Å². The SMILES string of the molecule is CC12CCC(CC1C(=O)NC1CCCC1)C1(C2)NC(=O)c2ccccc2O1. The van der Waals surface area contributed by atoms with Gasteiger partial charge in [-0.25, -0.2) is 0 Å². The topological polar surface area (TPSA) is 67.4 Å². The molecule has 2 amide bonds. The van der Waals surface area contributed by atoms with Crippen LogP contribution in [0.15, 0.2) is 24.3 Å². The number of carbonyl (C=O) groups is 2. The highest BCUT2D eigenvalue weighted by Crippen LogP contribution is 2.58. The van der Waals surface area contributed by atoms with Gasteiger partial charge in [-0.05, 0) is 49.7 Å². The lowest BCUT2D eigenvalue weighted by atomic mass is 9.52. The summed E-state index contributed by atoms with van der Waals surface area (Å²) < 4.78 is 6.43. The minimum atomic E-state index is -0.664. The number of hydrogen-bond acceptors (Lipinski definition) is 3. The smallest absolute Gasteiger partial charge is 0.258 e. The summed E-state index contributed by atoms with van der Waals surface area (Å²) >= 11 is 0. The van der Waals surface area contributed by atoms with Crippen molar-refractivity contribution in [1.82, 2.24) is 10.6 Å². The molecule has 27 heavy (non-hydrogen) atoms. The molecule has 1 aliphatic heterocycles. The first-order valence-corrected chi connectivity index (χ1v) is 10.4. The summed E-state index contributed by atoms with van der Waals surface area (Å²) in [5.74, 6) is 1.02. The minimum absolute atomic E-state index is 0.0140. The Morgan fingerprint density at radius 3 is 2.78 bits per heavy atom. The Bertz CT molecular complexity index is 788. The first kappa shape index (κ1) is 17.1. The second-order valence-corrected chi connectivity index (χ2v) is 9.29. The van der Waals surface area contributed by atoms with Gasteiger partial charge in [-0.3, -0.25) is 9.59 Å². The number of fused-ring (bicyclic) bond motifs is 3. The van der Waals surface area contributed by atoms with E-state index in [0.717, 1.165) is 32.1 Å². The summed E-state index contributed by atoms with van der Waals surface area (Å²) in [7, 11) is 0. The molecule has 5 aliphatic rings. The minimum Gasteiger partial charge on any atom is -0.467 e. The average molecular weight is 368 g/mol. The summed E-state index contributed by atoms with van der Waals surface area (Å²) in [6.07, 6.45) is 8.16. The molecule has 5 heteroatoms. The molecule has 2 bridgehead atoms. The van der Waals surface area contributed by atoms with Gasteiger partial charge in [0, 0.05) is 24.3 Å². The zero-order chi connectivity index (χ0) is 18.6. The summed E-state index contributed by atoms with van der Waals surface area (Å²) in [4.78, 5) is 25.8. The second kappa shape index (κ2) is 5.98. The summed E-state index contributed by atoms with van der Waals surface area (Å²) in [6, 6.07) is 7.81. The van der Waals surface area contributed by atoms with Crippen molar-refractivity contribution in [2.45, 2.75) is 70.1 Å². The largest absolute Gasteiger partial charge is 0.467 e. The molecule has 0 aromatic heterocycles. The maximum absolute atomic E-state index is 13.0. The van der Waals surface area contributed by atoms with Gasteiger partial charge in [0.05, 0.1) is 5.56 Å². The van der Waals surface area contributed by atoms with Crippen molar-refractivity contribution in [3.8, 4) is 5.75 Å². The number of carbonyl (C=O) groups excluding carboxylic acids is 2. The van der Waals surface area contributed by atoms with Crippen LogP contribution in [0.2, 0.25) is 0 Å². The van der Waals surface area contributed by atoms with E-state index in [1.165, 1.54) is 12.8 Å². The molecule has 1 aromatic carbocycles. The third kappa shape index (κ3) is 2.66. The second-order valence-electron chi connectivity index (χ2n) is 9.29. The van der Waals surface area contributed by atoms with Gasteiger partial charge in [0.15, 0.2) is 5.72 Å². The van der Waals surface area contributed by atoms with Crippen molar-refractivity contribution in [1.29, 1.82) is 0 Å². The maximum atomic E-state index is 13.0. The number of benzene rings is 1. The van der Waals surface area contributed by atoms with Crippen molar-refractivity contribution in [2.24, 2.45) is 17.3 Å². The van der Waals surface area contributed by atoms with Crippen molar-refractivity contribution in [3.63, 3.8) is 0 Å². The van der Waals surface area contributed by atoms with Crippen molar-refractivity contribution in [3.05, 3.63) is 29.8 Å². The van der Waals surface area contributed by atoms with Crippen LogP contribution in [-0.4, -0.2) is 23.6 Å². The number of ether oxygens (including phenoxy) is 1. The van der Waals surface area contributed by atoms with E-state index >= 15 is 0 Å². The van der Waals surface area contributed by atoms with Crippen LogP contribution >= 0.6 is 0 Å². The number of para-hydroxylation sites is 1. The monoisotopic (exact) mass is 368 g/mol. The van der Waals surface area contributed by atoms with E-state index in [1.54, 1.807) is 6.07 Å². The molecule has 5 nitrogen and oxygen atoms in total. The fourth-order valence-corrected chi connectivity index (χ4v) is 6.03. The molecule has 6 rings (SSSR count). The van der Waals surface area contributed by atoms with E-state index in [4.69, 9.17) is 4.74 Å². The summed E-state index contributed by atoms with van der Waals surface area (Å²) in [5.41, 5.74) is -0.204. The highest BCUT2D eigenvalue weighted by atomic mass is 16.5. The number of rotatable bonds is 2. The fourth-order valence-electron chi connectivity index (χ4n) is 6.03. The molecule has 1 aromatic rings. The van der Waals surface area contributed by atoms with Gasteiger partial charge in [0.25, 0.3) is 5.91 Å². The van der Waals surface area contributed by atoms with E-state index in [-0.39, 0.29) is 29.1 Å². The van der Waals surface area contributed by atoms with Gasteiger partial charge < -0.3 is 15.4 Å². The third-order valence-corrected chi connectivity index (χ3v) is 7.52. The van der Waals surface area contributed by atoms with E-state index in [2.05, 4.69) is 17.6 Å². The Balaban J connectivity index is 1.39. The van der Waals surface area contributed by atoms with Crippen molar-refractivity contribution < 1.29 is 14.3 Å². The Morgan fingerprint density at radius 1 is 1.22 bits per heavy atom. The highest BCUT2D eigenvalue weighted by molar-refractivity contribution is 5.98. The standard InChI is InChI=1S/C22H28N2O3/c1-21-11-10-14(12-17(21)20(26)23-15-6-2-3-7-15)22(13-21)24-19(25)16-8-4-5-9-18(16)27-22/h4-5,8-9,14-15,17H,2-3,6-7,10-13H2,1H3,(H,23,26)(H,24,25). The number of amides is 2. The van der Waals surface area contributed by atoms with E-state index in [0.29, 0.717) is 23.8 Å². The van der Waals surface area contributed by atoms with Crippen LogP contribution in [0.1, 0.15) is 68.6 Å². The predicted molar refractivity (Wildman–Crippen MR) is 101 cm³/mol. The van der Waals surface area contributed by atoms with Crippen LogP contribution in [-0.2, 0) is 4.79 Å². The lowest BCUT2D eigenvalue weighted by Crippen LogP contribution is -2.69. The lowest BCUT2D eigenvalue weighted by molar-refractivity contribution is -0.167. The van der Waals surface area contributed by atoms with Crippen LogP contribution in [0.25, 0.3) is 0 Å². The zero-order valence-corrected chi connectivity index (χ0v) is 15.9. The average Bonchev–Trinajstić information content (AvgIpc) is 3.14. The van der Waals surface area contributed by atoms with Crippen molar-refractivity contribution in [2.75, 3.05) is 0 Å². The normalized spacial score (nSPS) is 37.6. The highest BCUT2D eigenvalue weighted by Gasteiger charge is 2.61. The molecule has 1 spiro atoms. The molecular weight excluding hydrogens is 340 g/mol. The van der Waals surface area contributed by atoms with Crippen LogP contribution in [0.3, 0.4) is 0 Å². The van der Waals surface area contributed by atoms with Gasteiger partial charge in [-0.1, -0.05) is 31.9 Å². The Hall–Kier alpha value is -2.04. The predicted octanol–water partition coefficient (Wildman–Crippen LogP) is 3.39. The fraction of sp³-hybridized carbons (Fsp3) is 0.636. The third-order valence-electron chi connectivity index (χ3n) is 7.52. The lowest BCUT2D eigenvalue weighted by Gasteiger charge is -2.59. The molecule has 144 valence electrons. The van der Waals surface area contributed by atoms with Crippen LogP contribution in [0, 0.1) is 17.3 Å². The molecule has 4 saturated carbocycles. The first-order chi connectivity index (χ1) is 13.0. The zero-order valence-electron chi connectivity index (χ0n) is 15.9. The van der Waals surface area contributed by atoms with E-state index in [9.17, 15) is 9.59 Å². The molecule has 4 fully saturated rings. The van der Waals surface area contributed by atoms with E-state index in [1.807, 2.05) is 18.2 Å². The van der Waals surface area contributed by atoms with Gasteiger partial charge in [-0.15, -0.1) is 0 Å². The van der Waals surface area contributed by atoms with Crippen LogP contribution in [0.4, 0.5) is 0 Å². The summed E-state index contributed by atoms with van der Waals surface area (Å²) in [5, 5.41) is 6.49. The van der Waals surface area contributed by atoms with Crippen LogP contribution < -0.4 is 15.4 Å². The summed E-state index contributed by atoms with van der Waals surface area (Å²) in [6.45, 7) is 2.21. The number of nitrogens with one attached hydrogen (secondary N) is 2. The molecule has 1 heterocycles. The molecule has 4 aliphatic carbocycles. The van der Waals surface area contributed by atoms with Gasteiger partial charge in [-0.2, -0.15) is 0 Å². The Kier molecular flexibility index (Phi) is 3.78. The molecule has 0 radical (unpaired) electrons.